The smallest absolute Gasteiger partial charge is 0.168 e. The zero-order valence-corrected chi connectivity index (χ0v) is 11.4. The number of hydrogen-bond acceptors (Lipinski definition) is 5. The van der Waals surface area contributed by atoms with Crippen LogP contribution in [-0.4, -0.2) is 43.5 Å². The highest BCUT2D eigenvalue weighted by Crippen LogP contribution is 2.33. The molecule has 0 unspecified atom stereocenters. The number of aromatic nitrogens is 4. The van der Waals surface area contributed by atoms with Gasteiger partial charge < -0.3 is 9.84 Å². The molecule has 2 aromatic rings. The van der Waals surface area contributed by atoms with E-state index in [4.69, 9.17) is 9.84 Å². The average molecular weight is 364 g/mol. The molecular weight excluding hydrogens is 354 g/mol. The lowest BCUT2D eigenvalue weighted by atomic mass is 10.2. The van der Waals surface area contributed by atoms with Crippen LogP contribution in [-0.2, 0) is 4.74 Å². The van der Waals surface area contributed by atoms with Gasteiger partial charge in [0.05, 0.1) is 19.0 Å². The molecule has 1 saturated heterocycles. The van der Waals surface area contributed by atoms with Gasteiger partial charge in [0.2, 0.25) is 0 Å². The Morgan fingerprint density at radius 3 is 3.06 bits per heavy atom. The number of imidazole rings is 1. The highest BCUT2D eigenvalue weighted by Gasteiger charge is 2.37. The zero-order chi connectivity index (χ0) is 12.7. The lowest BCUT2D eigenvalue weighted by Gasteiger charge is -2.15. The Bertz CT molecular complexity index is 578. The molecule has 3 rings (SSSR count). The van der Waals surface area contributed by atoms with Crippen molar-refractivity contribution in [1.29, 1.82) is 0 Å². The van der Waals surface area contributed by atoms with Crippen molar-refractivity contribution in [2.75, 3.05) is 6.61 Å². The van der Waals surface area contributed by atoms with Crippen molar-refractivity contribution in [3.05, 3.63) is 16.4 Å². The lowest BCUT2D eigenvalue weighted by molar-refractivity contribution is -0.0351. The van der Waals surface area contributed by atoms with Crippen molar-refractivity contribution in [3.8, 4) is 0 Å². The van der Waals surface area contributed by atoms with E-state index < -0.39 is 18.5 Å². The van der Waals surface area contributed by atoms with Gasteiger partial charge in [-0.15, -0.1) is 0 Å². The minimum absolute atomic E-state index is 0.184. The third kappa shape index (κ3) is 1.88. The molecule has 1 N–H and O–H groups in total. The van der Waals surface area contributed by atoms with Crippen LogP contribution in [0.4, 0.5) is 4.39 Å². The molecule has 0 bridgehead atoms. The molecule has 0 amide bonds. The van der Waals surface area contributed by atoms with E-state index in [1.54, 1.807) is 4.57 Å². The molecule has 3 heterocycles. The summed E-state index contributed by atoms with van der Waals surface area (Å²) < 4.78 is 21.6. The van der Waals surface area contributed by atoms with Gasteiger partial charge in [0, 0.05) is 6.42 Å². The predicted molar refractivity (Wildman–Crippen MR) is 68.5 cm³/mol. The van der Waals surface area contributed by atoms with Gasteiger partial charge in [0.15, 0.2) is 11.9 Å². The van der Waals surface area contributed by atoms with E-state index >= 15 is 0 Å². The number of hydrogen-bond donors (Lipinski definition) is 1. The first-order valence-electron chi connectivity index (χ1n) is 5.44. The van der Waals surface area contributed by atoms with Crippen LogP contribution in [0.1, 0.15) is 12.6 Å². The van der Waals surface area contributed by atoms with Crippen molar-refractivity contribution in [3.63, 3.8) is 0 Å². The average Bonchev–Trinajstić information content (AvgIpc) is 2.93. The second kappa shape index (κ2) is 4.67. The number of rotatable bonds is 2. The normalized spacial score (nSPS) is 28.1. The number of nitrogens with zero attached hydrogens (tertiary/aromatic N) is 4. The molecule has 0 aromatic carbocycles. The third-order valence-electron chi connectivity index (χ3n) is 2.92. The summed E-state index contributed by atoms with van der Waals surface area (Å²) in [7, 11) is 0. The van der Waals surface area contributed by atoms with Crippen molar-refractivity contribution in [2.45, 2.75) is 24.9 Å². The van der Waals surface area contributed by atoms with Gasteiger partial charge in [0.25, 0.3) is 0 Å². The van der Waals surface area contributed by atoms with Crippen LogP contribution < -0.4 is 0 Å². The largest absolute Gasteiger partial charge is 0.394 e. The molecule has 0 saturated carbocycles. The van der Waals surface area contributed by atoms with E-state index in [1.165, 1.54) is 12.7 Å². The summed E-state index contributed by atoms with van der Waals surface area (Å²) in [4.78, 5) is 12.3. The summed E-state index contributed by atoms with van der Waals surface area (Å²) in [5.74, 6) is 0. The minimum Gasteiger partial charge on any atom is -0.394 e. The van der Waals surface area contributed by atoms with Gasteiger partial charge in [-0.2, -0.15) is 0 Å². The zero-order valence-electron chi connectivity index (χ0n) is 9.20. The predicted octanol–water partition coefficient (Wildman–Crippen LogP) is 1.05. The van der Waals surface area contributed by atoms with Gasteiger partial charge in [-0.05, 0) is 22.6 Å². The maximum Gasteiger partial charge on any atom is 0.168 e. The van der Waals surface area contributed by atoms with Gasteiger partial charge in [-0.3, -0.25) is 4.57 Å². The molecule has 3 atom stereocenters. The SMILES string of the molecule is OC[C@@H]1C[C@@H](F)[C@H](n2cnc3c(I)ncnc32)O1. The van der Waals surface area contributed by atoms with Crippen LogP contribution in [0.2, 0.25) is 0 Å². The number of fused-ring (bicyclic) bond motifs is 1. The van der Waals surface area contributed by atoms with Crippen molar-refractivity contribution in [2.24, 2.45) is 0 Å². The van der Waals surface area contributed by atoms with E-state index in [9.17, 15) is 4.39 Å². The number of alkyl halides is 1. The van der Waals surface area contributed by atoms with Crippen LogP contribution >= 0.6 is 22.6 Å². The van der Waals surface area contributed by atoms with E-state index in [-0.39, 0.29) is 13.0 Å². The van der Waals surface area contributed by atoms with E-state index in [2.05, 4.69) is 15.0 Å². The van der Waals surface area contributed by atoms with E-state index in [1.807, 2.05) is 22.6 Å². The quantitative estimate of drug-likeness (QED) is 0.637. The molecule has 0 radical (unpaired) electrons. The summed E-state index contributed by atoms with van der Waals surface area (Å²) in [6.07, 6.45) is 0.670. The Balaban J connectivity index is 2.02. The maximum absolute atomic E-state index is 13.9. The molecule has 8 heteroatoms. The lowest BCUT2D eigenvalue weighted by Crippen LogP contribution is -2.16. The molecule has 1 aliphatic heterocycles. The van der Waals surface area contributed by atoms with Crippen molar-refractivity contribution in [1.82, 2.24) is 19.5 Å². The Hall–Kier alpha value is -0.870. The summed E-state index contributed by atoms with van der Waals surface area (Å²) >= 11 is 2.05. The van der Waals surface area contributed by atoms with Crippen LogP contribution in [0.5, 0.6) is 0 Å². The maximum atomic E-state index is 13.9. The molecule has 2 aromatic heterocycles. The molecule has 0 aliphatic carbocycles. The molecule has 18 heavy (non-hydrogen) atoms. The second-order valence-electron chi connectivity index (χ2n) is 4.07. The monoisotopic (exact) mass is 364 g/mol. The van der Waals surface area contributed by atoms with Crippen molar-refractivity contribution < 1.29 is 14.2 Å². The first-order chi connectivity index (χ1) is 8.70. The molecular formula is C10H10FIN4O2. The number of halogens is 2. The van der Waals surface area contributed by atoms with E-state index in [0.29, 0.717) is 14.9 Å². The fourth-order valence-corrected chi connectivity index (χ4v) is 2.58. The fourth-order valence-electron chi connectivity index (χ4n) is 2.07. The highest BCUT2D eigenvalue weighted by molar-refractivity contribution is 14.1. The topological polar surface area (TPSA) is 73.1 Å². The van der Waals surface area contributed by atoms with E-state index in [0.717, 1.165) is 0 Å². The Morgan fingerprint density at radius 1 is 1.50 bits per heavy atom. The van der Waals surface area contributed by atoms with Crippen LogP contribution in [0, 0.1) is 3.70 Å². The van der Waals surface area contributed by atoms with Gasteiger partial charge in [0.1, 0.15) is 21.7 Å². The Labute approximate surface area is 115 Å². The summed E-state index contributed by atoms with van der Waals surface area (Å²) in [5, 5.41) is 9.01. The standard InChI is InChI=1S/C10H10FIN4O2/c11-6-1-5(2-17)18-10(6)16-4-15-7-8(12)13-3-14-9(7)16/h3-6,10,17H,1-2H2/t5-,6+,10+/m0/s1. The minimum atomic E-state index is -1.17. The van der Waals surface area contributed by atoms with Crippen LogP contribution in [0.3, 0.4) is 0 Å². The molecule has 1 aliphatic rings. The first kappa shape index (κ1) is 12.2. The fraction of sp³-hybridized carbons (Fsp3) is 0.500. The molecule has 1 fully saturated rings. The molecule has 6 nitrogen and oxygen atoms in total. The summed E-state index contributed by atoms with van der Waals surface area (Å²) in [6.45, 7) is -0.184. The molecule has 96 valence electrons. The van der Waals surface area contributed by atoms with Crippen LogP contribution in [0.25, 0.3) is 11.2 Å². The third-order valence-corrected chi connectivity index (χ3v) is 3.71. The number of ether oxygens (including phenoxy) is 1. The van der Waals surface area contributed by atoms with Crippen molar-refractivity contribution >= 4 is 33.8 Å². The highest BCUT2D eigenvalue weighted by atomic mass is 127. The van der Waals surface area contributed by atoms with Crippen LogP contribution in [0.15, 0.2) is 12.7 Å². The number of aliphatic hydroxyl groups excluding tert-OH is 1. The Morgan fingerprint density at radius 2 is 2.33 bits per heavy atom. The number of aliphatic hydroxyl groups is 1. The Kier molecular flexibility index (Phi) is 3.16. The summed E-state index contributed by atoms with van der Waals surface area (Å²) in [6, 6.07) is 0. The van der Waals surface area contributed by atoms with Gasteiger partial charge in [-0.25, -0.2) is 19.3 Å². The first-order valence-corrected chi connectivity index (χ1v) is 6.52. The second-order valence-corrected chi connectivity index (χ2v) is 5.09. The van der Waals surface area contributed by atoms with Gasteiger partial charge in [-0.1, -0.05) is 0 Å². The van der Waals surface area contributed by atoms with Gasteiger partial charge >= 0.3 is 0 Å². The molecule has 0 spiro atoms. The summed E-state index contributed by atoms with van der Waals surface area (Å²) in [5.41, 5.74) is 1.17.